The molecule has 0 aliphatic rings. The molecule has 2 amide bonds. The van der Waals surface area contributed by atoms with Crippen LogP contribution in [0.4, 0.5) is 5.69 Å². The minimum atomic E-state index is -0.701. The highest BCUT2D eigenvalue weighted by Crippen LogP contribution is 2.23. The van der Waals surface area contributed by atoms with Crippen molar-refractivity contribution in [2.24, 2.45) is 12.1 Å². The zero-order chi connectivity index (χ0) is 25.0. The van der Waals surface area contributed by atoms with Crippen molar-refractivity contribution in [1.82, 2.24) is 15.2 Å². The number of anilines is 1. The second kappa shape index (κ2) is 10.8. The maximum absolute atomic E-state index is 12.5. The van der Waals surface area contributed by atoms with Crippen LogP contribution in [0, 0.1) is 13.8 Å². The Hall–Kier alpha value is -3.17. The van der Waals surface area contributed by atoms with Crippen molar-refractivity contribution in [3.63, 3.8) is 0 Å². The number of hydrazone groups is 1. The summed E-state index contributed by atoms with van der Waals surface area (Å²) in [4.78, 5) is 25.0. The number of ether oxygens (including phenoxy) is 1. The number of benzene rings is 2. The van der Waals surface area contributed by atoms with Gasteiger partial charge in [-0.15, -0.1) is 0 Å². The number of nitrogens with zero attached hydrogens (tertiary/aromatic N) is 3. The van der Waals surface area contributed by atoms with E-state index in [1.807, 2.05) is 6.92 Å². The SMILES string of the molecule is CC(=NNC(=O)c1c(Br)c(C)nn1C)c1ccc(NC(=O)[C@@H](C)Oc2ccc(Cl)cc2C)cc1. The Labute approximate surface area is 211 Å². The van der Waals surface area contributed by atoms with Gasteiger partial charge >= 0.3 is 0 Å². The van der Waals surface area contributed by atoms with Crippen molar-refractivity contribution in [1.29, 1.82) is 0 Å². The summed E-state index contributed by atoms with van der Waals surface area (Å²) < 4.78 is 7.89. The van der Waals surface area contributed by atoms with E-state index >= 15 is 0 Å². The molecule has 0 spiro atoms. The van der Waals surface area contributed by atoms with E-state index in [1.165, 1.54) is 4.68 Å². The minimum absolute atomic E-state index is 0.281. The summed E-state index contributed by atoms with van der Waals surface area (Å²) in [7, 11) is 1.69. The van der Waals surface area contributed by atoms with Crippen molar-refractivity contribution < 1.29 is 14.3 Å². The number of nitrogens with one attached hydrogen (secondary N) is 2. The van der Waals surface area contributed by atoms with Crippen molar-refractivity contribution in [3.05, 3.63) is 74.5 Å². The molecule has 1 aromatic heterocycles. The number of aryl methyl sites for hydroxylation is 3. The third kappa shape index (κ3) is 6.03. The van der Waals surface area contributed by atoms with Gasteiger partial charge in [-0.05, 0) is 85.1 Å². The molecular weight excluding hydrogens is 522 g/mol. The maximum atomic E-state index is 12.5. The molecule has 1 heterocycles. The van der Waals surface area contributed by atoms with Crippen LogP contribution in [0.25, 0.3) is 0 Å². The van der Waals surface area contributed by atoms with Crippen molar-refractivity contribution >= 4 is 50.7 Å². The smallest absolute Gasteiger partial charge is 0.290 e. The normalized spacial score (nSPS) is 12.3. The zero-order valence-electron chi connectivity index (χ0n) is 19.4. The number of aromatic nitrogens is 2. The van der Waals surface area contributed by atoms with Crippen molar-refractivity contribution in [2.45, 2.75) is 33.8 Å². The summed E-state index contributed by atoms with van der Waals surface area (Å²) in [6.45, 7) is 7.13. The van der Waals surface area contributed by atoms with Crippen molar-refractivity contribution in [3.8, 4) is 5.75 Å². The summed E-state index contributed by atoms with van der Waals surface area (Å²) in [6.07, 6.45) is -0.701. The molecule has 0 aliphatic heterocycles. The highest BCUT2D eigenvalue weighted by Gasteiger charge is 2.18. The number of rotatable bonds is 7. The standard InChI is InChI=1S/C24H25BrClN5O3/c1-13-12-18(26)8-11-20(13)34-16(4)23(32)27-19-9-6-17(7-10-19)14(2)28-29-24(33)22-21(25)15(3)30-31(22)5/h6-12,16H,1-5H3,(H,27,32)(H,29,33)/t16-/m1/s1. The van der Waals surface area contributed by atoms with Gasteiger partial charge in [0.15, 0.2) is 6.10 Å². The van der Waals surface area contributed by atoms with Gasteiger partial charge in [-0.2, -0.15) is 10.2 Å². The van der Waals surface area contributed by atoms with Crippen LogP contribution in [0.15, 0.2) is 52.0 Å². The number of halogens is 2. The molecule has 1 atom stereocenters. The number of carbonyl (C=O) groups excluding carboxylic acids is 2. The molecule has 0 aliphatic carbocycles. The van der Waals surface area contributed by atoms with E-state index in [4.69, 9.17) is 16.3 Å². The minimum Gasteiger partial charge on any atom is -0.481 e. The molecule has 0 saturated heterocycles. The summed E-state index contributed by atoms with van der Waals surface area (Å²) in [5.74, 6) is -0.0514. The van der Waals surface area contributed by atoms with Gasteiger partial charge in [0.25, 0.3) is 11.8 Å². The Morgan fingerprint density at radius 2 is 1.85 bits per heavy atom. The van der Waals surface area contributed by atoms with Gasteiger partial charge in [0.1, 0.15) is 11.4 Å². The van der Waals surface area contributed by atoms with Gasteiger partial charge in [-0.1, -0.05) is 23.7 Å². The van der Waals surface area contributed by atoms with Crippen LogP contribution < -0.4 is 15.5 Å². The van der Waals surface area contributed by atoms with Crippen LogP contribution >= 0.6 is 27.5 Å². The lowest BCUT2D eigenvalue weighted by Crippen LogP contribution is -2.30. The first-order chi connectivity index (χ1) is 16.1. The largest absolute Gasteiger partial charge is 0.481 e. The summed E-state index contributed by atoms with van der Waals surface area (Å²) in [5.41, 5.74) is 6.52. The third-order valence-electron chi connectivity index (χ3n) is 5.07. The number of hydrogen-bond acceptors (Lipinski definition) is 5. The van der Waals surface area contributed by atoms with E-state index in [1.54, 1.807) is 70.3 Å². The van der Waals surface area contributed by atoms with E-state index in [0.717, 1.165) is 11.1 Å². The Morgan fingerprint density at radius 1 is 1.18 bits per heavy atom. The van der Waals surface area contributed by atoms with Crippen LogP contribution in [-0.4, -0.2) is 33.4 Å². The molecule has 0 bridgehead atoms. The van der Waals surface area contributed by atoms with E-state index in [-0.39, 0.29) is 11.8 Å². The van der Waals surface area contributed by atoms with Crippen LogP contribution in [0.2, 0.25) is 5.02 Å². The molecule has 0 unspecified atom stereocenters. The van der Waals surface area contributed by atoms with Gasteiger partial charge in [0.05, 0.1) is 15.9 Å². The van der Waals surface area contributed by atoms with Crippen LogP contribution in [0.1, 0.15) is 41.2 Å². The van der Waals surface area contributed by atoms with Crippen LogP contribution in [-0.2, 0) is 11.8 Å². The Balaban J connectivity index is 1.60. The molecule has 10 heteroatoms. The molecule has 0 saturated carbocycles. The third-order valence-corrected chi connectivity index (χ3v) is 6.25. The van der Waals surface area contributed by atoms with E-state index in [2.05, 4.69) is 36.9 Å². The first-order valence-corrected chi connectivity index (χ1v) is 11.6. The molecule has 0 fully saturated rings. The van der Waals surface area contributed by atoms with Gasteiger partial charge in [-0.25, -0.2) is 5.43 Å². The Bertz CT molecular complexity index is 1250. The lowest BCUT2D eigenvalue weighted by molar-refractivity contribution is -0.122. The summed E-state index contributed by atoms with van der Waals surface area (Å²) in [5, 5.41) is 11.8. The van der Waals surface area contributed by atoms with Gasteiger partial charge in [0, 0.05) is 17.8 Å². The number of carbonyl (C=O) groups is 2. The second-order valence-corrected chi connectivity index (χ2v) is 8.98. The molecule has 34 heavy (non-hydrogen) atoms. The molecule has 2 aromatic carbocycles. The Morgan fingerprint density at radius 3 is 2.44 bits per heavy atom. The van der Waals surface area contributed by atoms with E-state index < -0.39 is 6.10 Å². The predicted octanol–water partition coefficient (Wildman–Crippen LogP) is 5.01. The zero-order valence-corrected chi connectivity index (χ0v) is 21.8. The molecule has 2 N–H and O–H groups in total. The maximum Gasteiger partial charge on any atom is 0.290 e. The number of amides is 2. The van der Waals surface area contributed by atoms with Crippen LogP contribution in [0.3, 0.4) is 0 Å². The second-order valence-electron chi connectivity index (χ2n) is 7.75. The lowest BCUT2D eigenvalue weighted by atomic mass is 10.1. The fourth-order valence-electron chi connectivity index (χ4n) is 3.16. The average molecular weight is 547 g/mol. The molecular formula is C24H25BrClN5O3. The van der Waals surface area contributed by atoms with Crippen molar-refractivity contribution in [2.75, 3.05) is 5.32 Å². The highest BCUT2D eigenvalue weighted by molar-refractivity contribution is 9.10. The monoisotopic (exact) mass is 545 g/mol. The van der Waals surface area contributed by atoms with Gasteiger partial charge < -0.3 is 10.1 Å². The van der Waals surface area contributed by atoms with Gasteiger partial charge in [-0.3, -0.25) is 14.3 Å². The fourth-order valence-corrected chi connectivity index (χ4v) is 3.90. The lowest BCUT2D eigenvalue weighted by Gasteiger charge is -2.16. The Kier molecular flexibility index (Phi) is 8.11. The number of hydrogen-bond donors (Lipinski definition) is 2. The summed E-state index contributed by atoms with van der Waals surface area (Å²) in [6, 6.07) is 12.4. The molecule has 3 rings (SSSR count). The molecule has 8 nitrogen and oxygen atoms in total. The topological polar surface area (TPSA) is 97.6 Å². The van der Waals surface area contributed by atoms with E-state index in [9.17, 15) is 9.59 Å². The van der Waals surface area contributed by atoms with Crippen LogP contribution in [0.5, 0.6) is 5.75 Å². The quantitative estimate of drug-likeness (QED) is 0.321. The molecule has 0 radical (unpaired) electrons. The van der Waals surface area contributed by atoms with E-state index in [0.29, 0.717) is 38.0 Å². The molecule has 178 valence electrons. The average Bonchev–Trinajstić information content (AvgIpc) is 3.05. The predicted molar refractivity (Wildman–Crippen MR) is 137 cm³/mol. The first kappa shape index (κ1) is 25.5. The first-order valence-electron chi connectivity index (χ1n) is 10.4. The summed E-state index contributed by atoms with van der Waals surface area (Å²) >= 11 is 9.34. The molecule has 3 aromatic rings. The highest BCUT2D eigenvalue weighted by atomic mass is 79.9. The fraction of sp³-hybridized carbons (Fsp3) is 0.250. The van der Waals surface area contributed by atoms with Gasteiger partial charge in [0.2, 0.25) is 0 Å².